The maximum atomic E-state index is 13.1. The molecule has 1 saturated heterocycles. The molecule has 2 heterocycles. The Morgan fingerprint density at radius 2 is 2.19 bits per heavy atom. The van der Waals surface area contributed by atoms with Gasteiger partial charge in [-0.25, -0.2) is 8.42 Å². The van der Waals surface area contributed by atoms with E-state index >= 15 is 0 Å². The molecule has 0 aliphatic carbocycles. The molecule has 21 heavy (non-hydrogen) atoms. The highest BCUT2D eigenvalue weighted by atomic mass is 35.5. The topological polar surface area (TPSA) is 46.6 Å². The summed E-state index contributed by atoms with van der Waals surface area (Å²) in [5.41, 5.74) is 0. The van der Waals surface area contributed by atoms with Gasteiger partial charge >= 0.3 is 0 Å². The number of morpholine rings is 1. The maximum absolute atomic E-state index is 13.1. The monoisotopic (exact) mass is 345 g/mol. The lowest BCUT2D eigenvalue weighted by molar-refractivity contribution is 0.0393. The van der Waals surface area contributed by atoms with E-state index in [-0.39, 0.29) is 11.9 Å². The zero-order chi connectivity index (χ0) is 15.0. The molecule has 0 amide bonds. The molecule has 1 aromatic carbocycles. The van der Waals surface area contributed by atoms with Crippen LogP contribution in [0.1, 0.15) is 11.8 Å². The number of halogens is 1. The lowest BCUT2D eigenvalue weighted by Crippen LogP contribution is -2.47. The van der Waals surface area contributed by atoms with E-state index in [4.69, 9.17) is 16.3 Å². The Bertz CT molecular complexity index is 757. The second kappa shape index (κ2) is 5.85. The first kappa shape index (κ1) is 15.2. The van der Waals surface area contributed by atoms with Crippen molar-refractivity contribution in [2.24, 2.45) is 0 Å². The van der Waals surface area contributed by atoms with Gasteiger partial charge in [0.1, 0.15) is 4.90 Å². The fraction of sp³-hybridized carbons (Fsp3) is 0.429. The normalized spacial score (nSPS) is 21.0. The molecule has 1 aliphatic heterocycles. The van der Waals surface area contributed by atoms with E-state index in [0.717, 1.165) is 10.1 Å². The fourth-order valence-corrected chi connectivity index (χ4v) is 6.36. The van der Waals surface area contributed by atoms with Gasteiger partial charge in [0, 0.05) is 27.5 Å². The van der Waals surface area contributed by atoms with Crippen LogP contribution < -0.4 is 0 Å². The van der Waals surface area contributed by atoms with E-state index in [1.54, 1.807) is 0 Å². The Morgan fingerprint density at radius 1 is 1.43 bits per heavy atom. The van der Waals surface area contributed by atoms with Gasteiger partial charge in [0.15, 0.2) is 0 Å². The average molecular weight is 346 g/mol. The molecule has 2 aromatic rings. The molecule has 0 N–H and O–H groups in total. The standard InChI is InChI=1S/C14H16ClNO3S2/c1-10-9-19-7-6-16(10)21(17,18)14-11-4-2-3-5-12(11)20-13(14)8-15/h2-5,10H,6-9H2,1H3. The first-order valence-corrected chi connectivity index (χ1v) is 9.50. The molecule has 4 nitrogen and oxygen atoms in total. The molecule has 0 spiro atoms. The lowest BCUT2D eigenvalue weighted by atomic mass is 10.2. The van der Waals surface area contributed by atoms with Crippen LogP contribution in [0.4, 0.5) is 0 Å². The number of nitrogens with zero attached hydrogens (tertiary/aromatic N) is 1. The summed E-state index contributed by atoms with van der Waals surface area (Å²) < 4.78 is 34.0. The van der Waals surface area contributed by atoms with Gasteiger partial charge in [0.2, 0.25) is 10.0 Å². The van der Waals surface area contributed by atoms with Gasteiger partial charge in [0.25, 0.3) is 0 Å². The highest BCUT2D eigenvalue weighted by Crippen LogP contribution is 2.37. The number of alkyl halides is 1. The van der Waals surface area contributed by atoms with Crippen molar-refractivity contribution >= 4 is 43.0 Å². The smallest absolute Gasteiger partial charge is 0.245 e. The molecule has 1 aliphatic rings. The minimum Gasteiger partial charge on any atom is -0.378 e. The van der Waals surface area contributed by atoms with Crippen molar-refractivity contribution < 1.29 is 13.2 Å². The van der Waals surface area contributed by atoms with Crippen LogP contribution in [0, 0.1) is 0 Å². The second-order valence-electron chi connectivity index (χ2n) is 5.02. The highest BCUT2D eigenvalue weighted by Gasteiger charge is 2.35. The number of hydrogen-bond donors (Lipinski definition) is 0. The zero-order valence-corrected chi connectivity index (χ0v) is 14.0. The Kier molecular flexibility index (Phi) is 4.25. The molecule has 114 valence electrons. The van der Waals surface area contributed by atoms with Crippen molar-refractivity contribution in [2.75, 3.05) is 19.8 Å². The van der Waals surface area contributed by atoms with Gasteiger partial charge in [-0.15, -0.1) is 22.9 Å². The Labute approximate surface area is 133 Å². The summed E-state index contributed by atoms with van der Waals surface area (Å²) in [6.07, 6.45) is 0. The van der Waals surface area contributed by atoms with E-state index in [9.17, 15) is 8.42 Å². The first-order valence-electron chi connectivity index (χ1n) is 6.71. The minimum absolute atomic E-state index is 0.161. The number of thiophene rings is 1. The third kappa shape index (κ3) is 2.59. The largest absolute Gasteiger partial charge is 0.378 e. The van der Waals surface area contributed by atoms with Crippen LogP contribution in [0.15, 0.2) is 29.2 Å². The van der Waals surface area contributed by atoms with E-state index in [2.05, 4.69) is 0 Å². The number of fused-ring (bicyclic) bond motifs is 1. The van der Waals surface area contributed by atoms with E-state index in [0.29, 0.717) is 29.5 Å². The average Bonchev–Trinajstić information content (AvgIpc) is 2.86. The maximum Gasteiger partial charge on any atom is 0.245 e. The molecule has 1 unspecified atom stereocenters. The molecule has 0 radical (unpaired) electrons. The van der Waals surface area contributed by atoms with Crippen molar-refractivity contribution in [1.82, 2.24) is 4.31 Å². The number of ether oxygens (including phenoxy) is 1. The van der Waals surface area contributed by atoms with E-state index in [1.807, 2.05) is 31.2 Å². The number of hydrogen-bond acceptors (Lipinski definition) is 4. The molecule has 1 atom stereocenters. The van der Waals surface area contributed by atoms with Crippen LogP contribution in [0.25, 0.3) is 10.1 Å². The van der Waals surface area contributed by atoms with Gasteiger partial charge in [0.05, 0.1) is 19.1 Å². The minimum atomic E-state index is -3.56. The van der Waals surface area contributed by atoms with Crippen molar-refractivity contribution in [3.63, 3.8) is 0 Å². The molecule has 0 saturated carbocycles. The summed E-state index contributed by atoms with van der Waals surface area (Å²) in [5, 5.41) is 0.761. The van der Waals surface area contributed by atoms with Crippen molar-refractivity contribution in [3.8, 4) is 0 Å². The third-order valence-corrected chi connectivity index (χ3v) is 7.48. The number of benzene rings is 1. The van der Waals surface area contributed by atoms with Crippen LogP contribution in [-0.4, -0.2) is 38.5 Å². The van der Waals surface area contributed by atoms with Crippen LogP contribution in [0.3, 0.4) is 0 Å². The molecule has 1 fully saturated rings. The quantitative estimate of drug-likeness (QED) is 0.803. The van der Waals surface area contributed by atoms with Gasteiger partial charge in [-0.05, 0) is 13.0 Å². The van der Waals surface area contributed by atoms with Crippen LogP contribution in [0.5, 0.6) is 0 Å². The predicted molar refractivity (Wildman–Crippen MR) is 85.6 cm³/mol. The second-order valence-corrected chi connectivity index (χ2v) is 8.26. The third-order valence-electron chi connectivity index (χ3n) is 3.61. The first-order chi connectivity index (χ1) is 10.1. The van der Waals surface area contributed by atoms with Gasteiger partial charge in [-0.2, -0.15) is 4.31 Å². The molecule has 7 heteroatoms. The van der Waals surface area contributed by atoms with Crippen molar-refractivity contribution in [2.45, 2.75) is 23.7 Å². The predicted octanol–water partition coefficient (Wildman–Crippen LogP) is 3.05. The summed E-state index contributed by atoms with van der Waals surface area (Å²) in [4.78, 5) is 1.07. The van der Waals surface area contributed by atoms with Gasteiger partial charge in [-0.1, -0.05) is 18.2 Å². The van der Waals surface area contributed by atoms with E-state index in [1.165, 1.54) is 15.6 Å². The zero-order valence-electron chi connectivity index (χ0n) is 11.6. The molecule has 0 bridgehead atoms. The lowest BCUT2D eigenvalue weighted by Gasteiger charge is -2.32. The Hall–Kier alpha value is -0.660. The molecule has 3 rings (SSSR count). The SMILES string of the molecule is CC1COCCN1S(=O)(=O)c1c(CCl)sc2ccccc12. The van der Waals surface area contributed by atoms with Crippen LogP contribution in [-0.2, 0) is 20.6 Å². The van der Waals surface area contributed by atoms with Gasteiger partial charge in [-0.3, -0.25) is 0 Å². The number of rotatable bonds is 3. The summed E-state index contributed by atoms with van der Waals surface area (Å²) in [5.74, 6) is 0.201. The fourth-order valence-electron chi connectivity index (χ4n) is 2.63. The van der Waals surface area contributed by atoms with Crippen LogP contribution >= 0.6 is 22.9 Å². The Balaban J connectivity index is 2.18. The summed E-state index contributed by atoms with van der Waals surface area (Å²) in [6, 6.07) is 7.38. The molecular weight excluding hydrogens is 330 g/mol. The van der Waals surface area contributed by atoms with E-state index < -0.39 is 10.0 Å². The van der Waals surface area contributed by atoms with Crippen molar-refractivity contribution in [3.05, 3.63) is 29.1 Å². The van der Waals surface area contributed by atoms with Gasteiger partial charge < -0.3 is 4.74 Å². The molecular formula is C14H16ClNO3S2. The van der Waals surface area contributed by atoms with Crippen LogP contribution in [0.2, 0.25) is 0 Å². The summed E-state index contributed by atoms with van der Waals surface area (Å²) >= 11 is 7.43. The highest BCUT2D eigenvalue weighted by molar-refractivity contribution is 7.89. The Morgan fingerprint density at radius 3 is 2.90 bits per heavy atom. The number of sulfonamides is 1. The molecule has 1 aromatic heterocycles. The summed E-state index contributed by atoms with van der Waals surface area (Å²) in [7, 11) is -3.56. The summed E-state index contributed by atoms with van der Waals surface area (Å²) in [6.45, 7) is 3.11. The van der Waals surface area contributed by atoms with Crippen molar-refractivity contribution in [1.29, 1.82) is 0 Å².